The zero-order chi connectivity index (χ0) is 23.5. The number of hydrogen-bond acceptors (Lipinski definition) is 7. The van der Waals surface area contributed by atoms with Crippen LogP contribution in [0.3, 0.4) is 0 Å². The highest BCUT2D eigenvalue weighted by molar-refractivity contribution is 7.14. The molecule has 166 valence electrons. The minimum absolute atomic E-state index is 0.0261. The van der Waals surface area contributed by atoms with Crippen molar-refractivity contribution in [2.75, 3.05) is 11.9 Å². The van der Waals surface area contributed by atoms with Gasteiger partial charge in [-0.05, 0) is 35.2 Å². The third kappa shape index (κ3) is 4.51. The molecule has 0 fully saturated rings. The van der Waals surface area contributed by atoms with Crippen LogP contribution in [0, 0.1) is 0 Å². The fraction of sp³-hybridized carbons (Fsp3) is 0.0870. The van der Waals surface area contributed by atoms with Gasteiger partial charge < -0.3 is 15.8 Å². The first-order chi connectivity index (χ1) is 15.8. The Morgan fingerprint density at radius 3 is 2.42 bits per heavy atom. The fourth-order valence-corrected chi connectivity index (χ4v) is 4.11. The number of benzene rings is 2. The summed E-state index contributed by atoms with van der Waals surface area (Å²) in [4.78, 5) is 62.3. The molecular formula is C23H17N3O6S. The van der Waals surface area contributed by atoms with Crippen molar-refractivity contribution in [1.29, 1.82) is 0 Å². The third-order valence-corrected chi connectivity index (χ3v) is 5.74. The van der Waals surface area contributed by atoms with Gasteiger partial charge in [-0.1, -0.05) is 30.3 Å². The number of anilines is 1. The largest absolute Gasteiger partial charge is 0.452 e. The molecule has 2 aromatic carbocycles. The van der Waals surface area contributed by atoms with Gasteiger partial charge in [-0.15, -0.1) is 11.3 Å². The SMILES string of the molecule is NC(=O)c1ccsc1NC(=O)COC(=O)c1ccc2c(c1)C(=O)N(Cc1ccccc1)C2=O. The molecule has 0 saturated heterocycles. The number of hydrogen-bond donors (Lipinski definition) is 2. The lowest BCUT2D eigenvalue weighted by Crippen LogP contribution is -2.29. The van der Waals surface area contributed by atoms with E-state index in [1.807, 2.05) is 18.2 Å². The number of ether oxygens (including phenoxy) is 1. The van der Waals surface area contributed by atoms with Gasteiger partial charge in [-0.2, -0.15) is 0 Å². The second-order valence-corrected chi connectivity index (χ2v) is 8.01. The molecule has 0 spiro atoms. The summed E-state index contributed by atoms with van der Waals surface area (Å²) in [7, 11) is 0. The molecule has 33 heavy (non-hydrogen) atoms. The second kappa shape index (κ2) is 9.05. The van der Waals surface area contributed by atoms with Crippen molar-refractivity contribution in [3.63, 3.8) is 0 Å². The van der Waals surface area contributed by atoms with E-state index in [9.17, 15) is 24.0 Å². The molecule has 0 radical (unpaired) electrons. The maximum absolute atomic E-state index is 12.8. The van der Waals surface area contributed by atoms with Gasteiger partial charge in [0.05, 0.1) is 28.8 Å². The summed E-state index contributed by atoms with van der Waals surface area (Å²) in [6.45, 7) is -0.498. The average molecular weight is 463 g/mol. The van der Waals surface area contributed by atoms with Crippen LogP contribution in [0.1, 0.15) is 47.0 Å². The first kappa shape index (κ1) is 21.9. The molecule has 0 bridgehead atoms. The van der Waals surface area contributed by atoms with Crippen molar-refractivity contribution in [1.82, 2.24) is 4.90 Å². The van der Waals surface area contributed by atoms with Gasteiger partial charge in [0, 0.05) is 0 Å². The lowest BCUT2D eigenvalue weighted by Gasteiger charge is -2.13. The zero-order valence-corrected chi connectivity index (χ0v) is 17.9. The Balaban J connectivity index is 1.41. The van der Waals surface area contributed by atoms with Gasteiger partial charge in [0.25, 0.3) is 23.6 Å². The number of carbonyl (C=O) groups is 5. The third-order valence-electron chi connectivity index (χ3n) is 4.91. The van der Waals surface area contributed by atoms with E-state index in [4.69, 9.17) is 10.5 Å². The molecule has 0 saturated carbocycles. The number of fused-ring (bicyclic) bond motifs is 1. The van der Waals surface area contributed by atoms with Crippen LogP contribution < -0.4 is 11.1 Å². The molecule has 0 unspecified atom stereocenters. The Labute approximate surface area is 191 Å². The summed E-state index contributed by atoms with van der Waals surface area (Å²) in [6, 6.07) is 14.6. The lowest BCUT2D eigenvalue weighted by atomic mass is 10.1. The van der Waals surface area contributed by atoms with Crippen molar-refractivity contribution in [3.05, 3.63) is 87.8 Å². The smallest absolute Gasteiger partial charge is 0.338 e. The molecule has 1 aliphatic heterocycles. The molecular weight excluding hydrogens is 446 g/mol. The average Bonchev–Trinajstić information content (AvgIpc) is 3.37. The van der Waals surface area contributed by atoms with E-state index in [2.05, 4.69) is 5.32 Å². The van der Waals surface area contributed by atoms with Crippen molar-refractivity contribution < 1.29 is 28.7 Å². The van der Waals surface area contributed by atoms with E-state index < -0.39 is 36.2 Å². The summed E-state index contributed by atoms with van der Waals surface area (Å²) in [6.07, 6.45) is 0. The van der Waals surface area contributed by atoms with Crippen LogP contribution in [-0.2, 0) is 16.1 Å². The number of esters is 1. The van der Waals surface area contributed by atoms with E-state index in [0.717, 1.165) is 21.8 Å². The predicted octanol–water partition coefficient (Wildman–Crippen LogP) is 2.44. The number of primary amides is 1. The number of amides is 4. The van der Waals surface area contributed by atoms with Gasteiger partial charge in [0.15, 0.2) is 6.61 Å². The van der Waals surface area contributed by atoms with Crippen LogP contribution in [0.25, 0.3) is 0 Å². The van der Waals surface area contributed by atoms with E-state index >= 15 is 0 Å². The Morgan fingerprint density at radius 2 is 1.70 bits per heavy atom. The first-order valence-corrected chi connectivity index (χ1v) is 10.6. The molecule has 1 aliphatic rings. The van der Waals surface area contributed by atoms with E-state index in [1.54, 1.807) is 17.5 Å². The minimum Gasteiger partial charge on any atom is -0.452 e. The van der Waals surface area contributed by atoms with Crippen molar-refractivity contribution in [2.24, 2.45) is 5.73 Å². The highest BCUT2D eigenvalue weighted by atomic mass is 32.1. The van der Waals surface area contributed by atoms with Crippen molar-refractivity contribution in [2.45, 2.75) is 6.54 Å². The molecule has 3 N–H and O–H groups in total. The maximum atomic E-state index is 12.8. The number of nitrogens with one attached hydrogen (secondary N) is 1. The molecule has 9 nitrogen and oxygen atoms in total. The zero-order valence-electron chi connectivity index (χ0n) is 17.1. The summed E-state index contributed by atoms with van der Waals surface area (Å²) >= 11 is 1.10. The molecule has 4 amide bonds. The topological polar surface area (TPSA) is 136 Å². The van der Waals surface area contributed by atoms with Gasteiger partial charge in [-0.25, -0.2) is 4.79 Å². The van der Waals surface area contributed by atoms with Gasteiger partial charge >= 0.3 is 5.97 Å². The van der Waals surface area contributed by atoms with Gasteiger partial charge in [-0.3, -0.25) is 24.1 Å². The van der Waals surface area contributed by atoms with Crippen molar-refractivity contribution >= 4 is 45.9 Å². The Morgan fingerprint density at radius 1 is 0.970 bits per heavy atom. The number of thiophene rings is 1. The van der Waals surface area contributed by atoms with Crippen LogP contribution in [-0.4, -0.2) is 41.1 Å². The van der Waals surface area contributed by atoms with E-state index in [-0.39, 0.29) is 33.8 Å². The quantitative estimate of drug-likeness (QED) is 0.408. The fourth-order valence-electron chi connectivity index (χ4n) is 3.30. The van der Waals surface area contributed by atoms with Crippen LogP contribution >= 0.6 is 11.3 Å². The Hall–Kier alpha value is -4.31. The highest BCUT2D eigenvalue weighted by Crippen LogP contribution is 2.26. The number of imide groups is 1. The molecule has 0 aliphatic carbocycles. The summed E-state index contributed by atoms with van der Waals surface area (Å²) in [5, 5.41) is 4.30. The van der Waals surface area contributed by atoms with Gasteiger partial charge in [0.2, 0.25) is 0 Å². The van der Waals surface area contributed by atoms with Crippen LogP contribution in [0.5, 0.6) is 0 Å². The highest BCUT2D eigenvalue weighted by Gasteiger charge is 2.36. The number of rotatable bonds is 7. The number of nitrogens with two attached hydrogens (primary N) is 1. The van der Waals surface area contributed by atoms with E-state index in [0.29, 0.717) is 0 Å². The Kier molecular flexibility index (Phi) is 6.01. The monoisotopic (exact) mass is 463 g/mol. The molecule has 2 heterocycles. The van der Waals surface area contributed by atoms with Crippen LogP contribution in [0.4, 0.5) is 5.00 Å². The predicted molar refractivity (Wildman–Crippen MR) is 119 cm³/mol. The molecule has 3 aromatic rings. The molecule has 10 heteroatoms. The summed E-state index contributed by atoms with van der Waals surface area (Å²) in [5.41, 5.74) is 6.50. The number of nitrogens with zero attached hydrogens (tertiary/aromatic N) is 1. The molecule has 0 atom stereocenters. The maximum Gasteiger partial charge on any atom is 0.338 e. The first-order valence-electron chi connectivity index (χ1n) is 9.73. The summed E-state index contributed by atoms with van der Waals surface area (Å²) in [5.74, 6) is -3.14. The van der Waals surface area contributed by atoms with Crippen LogP contribution in [0.2, 0.25) is 0 Å². The molecule has 1 aromatic heterocycles. The van der Waals surface area contributed by atoms with Crippen LogP contribution in [0.15, 0.2) is 60.0 Å². The van der Waals surface area contributed by atoms with Gasteiger partial charge in [0.1, 0.15) is 5.00 Å². The minimum atomic E-state index is -0.837. The lowest BCUT2D eigenvalue weighted by molar-refractivity contribution is -0.119. The molecule has 4 rings (SSSR count). The standard InChI is InChI=1S/C23H17N3O6S/c24-19(28)16-8-9-33-20(16)25-18(27)12-32-23(31)14-6-7-15-17(10-14)22(30)26(21(15)29)11-13-4-2-1-3-5-13/h1-10H,11-12H2,(H2,24,28)(H,25,27). The summed E-state index contributed by atoms with van der Waals surface area (Å²) < 4.78 is 5.01. The normalized spacial score (nSPS) is 12.4. The number of carbonyl (C=O) groups excluding carboxylic acids is 5. The second-order valence-electron chi connectivity index (χ2n) is 7.09. The Bertz CT molecular complexity index is 1280. The van der Waals surface area contributed by atoms with E-state index in [1.165, 1.54) is 24.3 Å². The van der Waals surface area contributed by atoms with Crippen molar-refractivity contribution in [3.8, 4) is 0 Å².